The molecule has 0 aliphatic carbocycles. The number of nitrogens with one attached hydrogen (secondary N) is 1. The molecule has 190 valence electrons. The molecule has 0 unspecified atom stereocenters. The van der Waals surface area contributed by atoms with Crippen LogP contribution in [0.4, 0.5) is 13.2 Å². The molecule has 3 N–H and O–H groups in total. The lowest BCUT2D eigenvalue weighted by Gasteiger charge is -2.48. The van der Waals surface area contributed by atoms with Gasteiger partial charge < -0.3 is 29.7 Å². The first-order valence-electron chi connectivity index (χ1n) is 10.7. The molecular weight excluding hydrogens is 471 g/mol. The molecule has 0 bridgehead atoms. The van der Waals surface area contributed by atoms with Crippen molar-refractivity contribution in [2.24, 2.45) is 0 Å². The van der Waals surface area contributed by atoms with Crippen LogP contribution in [0.25, 0.3) is 0 Å². The van der Waals surface area contributed by atoms with Crippen LogP contribution in [0.3, 0.4) is 0 Å². The van der Waals surface area contributed by atoms with Crippen LogP contribution in [0.5, 0.6) is 11.5 Å². The predicted molar refractivity (Wildman–Crippen MR) is 117 cm³/mol. The highest BCUT2D eigenvalue weighted by Gasteiger charge is 2.51. The zero-order valence-electron chi connectivity index (χ0n) is 19.3. The van der Waals surface area contributed by atoms with Gasteiger partial charge in [0.15, 0.2) is 0 Å². The maximum absolute atomic E-state index is 13.2. The summed E-state index contributed by atoms with van der Waals surface area (Å²) >= 11 is 0. The highest BCUT2D eigenvalue weighted by atomic mass is 19.4. The third-order valence-corrected chi connectivity index (χ3v) is 5.90. The van der Waals surface area contributed by atoms with Gasteiger partial charge >= 0.3 is 18.1 Å². The Morgan fingerprint density at radius 3 is 2.43 bits per heavy atom. The number of rotatable bonds is 6. The molecule has 8 nitrogen and oxygen atoms in total. The van der Waals surface area contributed by atoms with Gasteiger partial charge in [0.25, 0.3) is 0 Å². The van der Waals surface area contributed by atoms with Crippen molar-refractivity contribution in [2.75, 3.05) is 7.11 Å². The van der Waals surface area contributed by atoms with E-state index in [-0.39, 0.29) is 18.6 Å². The van der Waals surface area contributed by atoms with Crippen molar-refractivity contribution in [1.82, 2.24) is 5.32 Å². The van der Waals surface area contributed by atoms with Gasteiger partial charge in [0.2, 0.25) is 0 Å². The molecule has 1 amide bonds. The quantitative estimate of drug-likeness (QED) is 0.521. The van der Waals surface area contributed by atoms with E-state index in [1.165, 1.54) is 13.0 Å². The number of benzene rings is 2. The van der Waals surface area contributed by atoms with Gasteiger partial charge in [-0.05, 0) is 31.5 Å². The summed E-state index contributed by atoms with van der Waals surface area (Å²) in [6.45, 7) is 3.02. The zero-order valence-corrected chi connectivity index (χ0v) is 19.3. The van der Waals surface area contributed by atoms with Gasteiger partial charge in [0.1, 0.15) is 23.2 Å². The van der Waals surface area contributed by atoms with Gasteiger partial charge in [-0.2, -0.15) is 13.2 Å². The Bertz CT molecular complexity index is 1080. The molecule has 1 saturated heterocycles. The molecule has 1 heterocycles. The molecule has 0 saturated carbocycles. The fourth-order valence-electron chi connectivity index (χ4n) is 4.27. The maximum atomic E-state index is 13.2. The number of aromatic hydroxyl groups is 2. The molecule has 0 aromatic heterocycles. The molecule has 11 heteroatoms. The van der Waals surface area contributed by atoms with E-state index in [9.17, 15) is 33.0 Å². The Balaban J connectivity index is 1.96. The number of carbonyl (C=O) groups excluding carboxylic acids is 2. The lowest BCUT2D eigenvalue weighted by molar-refractivity contribution is -0.196. The van der Waals surface area contributed by atoms with Crippen LogP contribution in [-0.2, 0) is 25.6 Å². The molecule has 2 aromatic rings. The van der Waals surface area contributed by atoms with Gasteiger partial charge in [-0.25, -0.2) is 4.79 Å². The number of hydrogen-bond donors (Lipinski definition) is 3. The topological polar surface area (TPSA) is 114 Å². The summed E-state index contributed by atoms with van der Waals surface area (Å²) in [5.41, 5.74) is -1.29. The van der Waals surface area contributed by atoms with E-state index in [1.807, 2.05) is 5.32 Å². The molecule has 0 spiro atoms. The van der Waals surface area contributed by atoms with Crippen LogP contribution in [0.15, 0.2) is 42.5 Å². The number of phenolic OH excluding ortho intramolecular Hbond substituents is 2. The fourth-order valence-corrected chi connectivity index (χ4v) is 4.27. The Hall–Kier alpha value is -3.31. The second kappa shape index (κ2) is 10.1. The summed E-state index contributed by atoms with van der Waals surface area (Å²) in [6.07, 6.45) is -8.26. The number of hydrogen-bond acceptors (Lipinski definition) is 7. The zero-order chi connectivity index (χ0) is 26.0. The van der Waals surface area contributed by atoms with Crippen LogP contribution in [0.1, 0.15) is 47.9 Å². The van der Waals surface area contributed by atoms with E-state index >= 15 is 0 Å². The van der Waals surface area contributed by atoms with Crippen LogP contribution in [0.2, 0.25) is 0 Å². The summed E-state index contributed by atoms with van der Waals surface area (Å²) in [6, 6.07) is 11.4. The monoisotopic (exact) mass is 497 g/mol. The van der Waals surface area contributed by atoms with Crippen molar-refractivity contribution < 1.29 is 47.2 Å². The summed E-state index contributed by atoms with van der Waals surface area (Å²) in [7, 11) is 1.06. The number of methoxy groups -OCH3 is 1. The minimum absolute atomic E-state index is 0.0315. The van der Waals surface area contributed by atoms with E-state index in [0.717, 1.165) is 18.7 Å². The Kier molecular flexibility index (Phi) is 7.61. The molecule has 1 aliphatic rings. The molecule has 0 radical (unpaired) electrons. The number of esters is 1. The van der Waals surface area contributed by atoms with E-state index in [1.54, 1.807) is 37.3 Å². The standard InChI is InChI=1S/C24H26F3NO7/c1-13-20(34-12-14-7-5-4-6-8-14)23(2,28-22(32)24(25,26)27)11-17(35-13)15-9-10-16(29)18(19(15)30)21(31)33-3/h4-10,13,17,20,29-30H,11-12H2,1-3H3,(H,28,32)/t13-,17-,20+,23-/m0/s1. The molecule has 1 fully saturated rings. The largest absolute Gasteiger partial charge is 0.507 e. The van der Waals surface area contributed by atoms with Gasteiger partial charge in [-0.3, -0.25) is 4.79 Å². The third-order valence-electron chi connectivity index (χ3n) is 5.90. The number of alkyl halides is 3. The summed E-state index contributed by atoms with van der Waals surface area (Å²) in [5.74, 6) is -4.34. The van der Waals surface area contributed by atoms with Crippen molar-refractivity contribution in [2.45, 2.75) is 56.9 Å². The van der Waals surface area contributed by atoms with E-state index in [0.29, 0.717) is 0 Å². The van der Waals surface area contributed by atoms with Crippen molar-refractivity contribution >= 4 is 11.9 Å². The SMILES string of the molecule is COC(=O)c1c(O)ccc([C@@H]2C[C@](C)(NC(=O)C(F)(F)F)[C@H](OCc3ccccc3)[C@H](C)O2)c1O. The normalized spacial score (nSPS) is 24.6. The first-order valence-corrected chi connectivity index (χ1v) is 10.7. The summed E-state index contributed by atoms with van der Waals surface area (Å²) < 4.78 is 56.0. The van der Waals surface area contributed by atoms with Crippen LogP contribution >= 0.6 is 0 Å². The van der Waals surface area contributed by atoms with Crippen molar-refractivity contribution in [1.29, 1.82) is 0 Å². The molecule has 4 atom stereocenters. The van der Waals surface area contributed by atoms with Crippen LogP contribution in [-0.4, -0.2) is 53.1 Å². The van der Waals surface area contributed by atoms with Gasteiger partial charge in [-0.15, -0.1) is 0 Å². The smallest absolute Gasteiger partial charge is 0.471 e. The number of phenols is 2. The Morgan fingerprint density at radius 1 is 1.17 bits per heavy atom. The average Bonchev–Trinajstić information content (AvgIpc) is 2.78. The van der Waals surface area contributed by atoms with E-state index < -0.39 is 59.0 Å². The highest BCUT2D eigenvalue weighted by Crippen LogP contribution is 2.44. The number of amides is 1. The minimum atomic E-state index is -5.14. The first-order chi connectivity index (χ1) is 16.4. The van der Waals surface area contributed by atoms with Crippen LogP contribution in [0, 0.1) is 0 Å². The van der Waals surface area contributed by atoms with Crippen molar-refractivity contribution in [3.63, 3.8) is 0 Å². The van der Waals surface area contributed by atoms with Crippen LogP contribution < -0.4 is 5.32 Å². The fraction of sp³-hybridized carbons (Fsp3) is 0.417. The number of ether oxygens (including phenoxy) is 3. The minimum Gasteiger partial charge on any atom is -0.507 e. The average molecular weight is 497 g/mol. The lowest BCUT2D eigenvalue weighted by atomic mass is 9.80. The first kappa shape index (κ1) is 26.3. The summed E-state index contributed by atoms with van der Waals surface area (Å²) in [4.78, 5) is 23.9. The van der Waals surface area contributed by atoms with Gasteiger partial charge in [0.05, 0.1) is 31.5 Å². The van der Waals surface area contributed by atoms with Gasteiger partial charge in [0, 0.05) is 12.0 Å². The second-order valence-corrected chi connectivity index (χ2v) is 8.51. The van der Waals surface area contributed by atoms with Crippen molar-refractivity contribution in [3.8, 4) is 11.5 Å². The maximum Gasteiger partial charge on any atom is 0.471 e. The third kappa shape index (κ3) is 5.68. The predicted octanol–water partition coefficient (Wildman–Crippen LogP) is 3.76. The van der Waals surface area contributed by atoms with E-state index in [4.69, 9.17) is 9.47 Å². The molecule has 35 heavy (non-hydrogen) atoms. The highest BCUT2D eigenvalue weighted by molar-refractivity contribution is 5.95. The number of halogens is 3. The van der Waals surface area contributed by atoms with E-state index in [2.05, 4.69) is 4.74 Å². The summed E-state index contributed by atoms with van der Waals surface area (Å²) in [5, 5.41) is 22.7. The molecular formula is C24H26F3NO7. The number of carbonyl (C=O) groups is 2. The lowest BCUT2D eigenvalue weighted by Crippen LogP contribution is -2.64. The molecule has 1 aliphatic heterocycles. The second-order valence-electron chi connectivity index (χ2n) is 8.51. The van der Waals surface area contributed by atoms with Gasteiger partial charge in [-0.1, -0.05) is 30.3 Å². The molecule has 3 rings (SSSR count). The molecule has 2 aromatic carbocycles. The Morgan fingerprint density at radius 2 is 1.83 bits per heavy atom. The van der Waals surface area contributed by atoms with Crippen molar-refractivity contribution in [3.05, 3.63) is 59.2 Å². The Labute approximate surface area is 199 Å².